The number of H-pyrrole nitrogens is 1. The van der Waals surface area contributed by atoms with E-state index < -0.39 is 0 Å². The number of piperazine rings is 1. The number of nitrogens with one attached hydrogen (secondary N) is 2. The second kappa shape index (κ2) is 11.6. The zero-order chi connectivity index (χ0) is 26.6. The third kappa shape index (κ3) is 6.17. The summed E-state index contributed by atoms with van der Waals surface area (Å²) < 4.78 is 5.47. The summed E-state index contributed by atoms with van der Waals surface area (Å²) in [4.78, 5) is 25.0. The van der Waals surface area contributed by atoms with E-state index >= 15 is 0 Å². The van der Waals surface area contributed by atoms with Crippen LogP contribution in [0.2, 0.25) is 0 Å². The number of morpholine rings is 1. The molecule has 39 heavy (non-hydrogen) atoms. The summed E-state index contributed by atoms with van der Waals surface area (Å²) in [7, 11) is 2.16. The van der Waals surface area contributed by atoms with Crippen molar-refractivity contribution in [2.24, 2.45) is 0 Å². The van der Waals surface area contributed by atoms with Crippen LogP contribution >= 0.6 is 0 Å². The number of likely N-dealkylation sites (N-methyl/N-ethyl adjacent to an activating group) is 1. The number of ether oxygens (including phenoxy) is 1. The smallest absolute Gasteiger partial charge is 0.276 e. The minimum atomic E-state index is -0.227. The standard InChI is InChI=1S/C30H35N7O2/c1-35-7-9-36(10-8-35)20-22-3-2-4-26(16-22)32-30(38)29-27-17-24(5-6-28(27)33-34-29)25-15-23(18-31-19-25)21-37-11-13-39-14-12-37/h2-6,15-19H,7-14,20-21H2,1H3,(H,32,38)(H,33,34). The molecule has 2 aromatic carbocycles. The van der Waals surface area contributed by atoms with Crippen LogP contribution in [-0.4, -0.2) is 95.3 Å². The van der Waals surface area contributed by atoms with Gasteiger partial charge in [0.25, 0.3) is 5.91 Å². The van der Waals surface area contributed by atoms with E-state index in [0.29, 0.717) is 5.69 Å². The van der Waals surface area contributed by atoms with Crippen LogP contribution in [0.3, 0.4) is 0 Å². The van der Waals surface area contributed by atoms with Crippen LogP contribution in [0.5, 0.6) is 0 Å². The van der Waals surface area contributed by atoms with Crippen LogP contribution in [0, 0.1) is 0 Å². The van der Waals surface area contributed by atoms with Gasteiger partial charge in [0, 0.05) is 81.4 Å². The highest BCUT2D eigenvalue weighted by molar-refractivity contribution is 6.11. The van der Waals surface area contributed by atoms with E-state index in [2.05, 4.69) is 60.4 Å². The summed E-state index contributed by atoms with van der Waals surface area (Å²) in [6.07, 6.45) is 3.79. The topological polar surface area (TPSA) is 89.6 Å². The molecule has 6 rings (SSSR count). The van der Waals surface area contributed by atoms with Crippen LogP contribution < -0.4 is 5.32 Å². The predicted molar refractivity (Wildman–Crippen MR) is 153 cm³/mol. The van der Waals surface area contributed by atoms with E-state index in [4.69, 9.17) is 4.74 Å². The van der Waals surface area contributed by atoms with E-state index in [1.807, 2.05) is 42.7 Å². The largest absolute Gasteiger partial charge is 0.379 e. The molecule has 0 bridgehead atoms. The first-order valence-electron chi connectivity index (χ1n) is 13.6. The number of aromatic nitrogens is 3. The van der Waals surface area contributed by atoms with Gasteiger partial charge in [-0.25, -0.2) is 0 Å². The number of hydrogen-bond acceptors (Lipinski definition) is 7. The van der Waals surface area contributed by atoms with Crippen molar-refractivity contribution in [2.45, 2.75) is 13.1 Å². The molecule has 4 aromatic rings. The van der Waals surface area contributed by atoms with E-state index in [1.165, 1.54) is 5.56 Å². The van der Waals surface area contributed by atoms with Gasteiger partial charge in [-0.1, -0.05) is 18.2 Å². The molecule has 9 nitrogen and oxygen atoms in total. The summed E-state index contributed by atoms with van der Waals surface area (Å²) >= 11 is 0. The number of nitrogens with zero attached hydrogens (tertiary/aromatic N) is 5. The highest BCUT2D eigenvalue weighted by atomic mass is 16.5. The first-order valence-corrected chi connectivity index (χ1v) is 13.6. The molecule has 2 saturated heterocycles. The van der Waals surface area contributed by atoms with Crippen LogP contribution in [0.4, 0.5) is 5.69 Å². The van der Waals surface area contributed by atoms with Gasteiger partial charge in [-0.05, 0) is 54.1 Å². The van der Waals surface area contributed by atoms with Gasteiger partial charge in [0.05, 0.1) is 18.7 Å². The maximum Gasteiger partial charge on any atom is 0.276 e. The van der Waals surface area contributed by atoms with Gasteiger partial charge in [0.15, 0.2) is 5.69 Å². The van der Waals surface area contributed by atoms with Crippen LogP contribution in [-0.2, 0) is 17.8 Å². The SMILES string of the molecule is CN1CCN(Cc2cccc(NC(=O)c3n[nH]c4ccc(-c5cncc(CN6CCOCC6)c5)cc34)c2)CC1. The fraction of sp³-hybridized carbons (Fsp3) is 0.367. The number of hydrogen-bond donors (Lipinski definition) is 2. The van der Waals surface area contributed by atoms with Gasteiger partial charge >= 0.3 is 0 Å². The average Bonchev–Trinajstić information content (AvgIpc) is 3.39. The molecule has 0 radical (unpaired) electrons. The number of fused-ring (bicyclic) bond motifs is 1. The number of pyridine rings is 1. The Hall–Kier alpha value is -3.63. The zero-order valence-corrected chi connectivity index (χ0v) is 22.4. The molecule has 2 fully saturated rings. The fourth-order valence-corrected chi connectivity index (χ4v) is 5.32. The molecule has 2 N–H and O–H groups in total. The van der Waals surface area contributed by atoms with Gasteiger partial charge in [-0.2, -0.15) is 5.10 Å². The lowest BCUT2D eigenvalue weighted by Crippen LogP contribution is -2.43. The Morgan fingerprint density at radius 2 is 1.69 bits per heavy atom. The van der Waals surface area contributed by atoms with Crippen LogP contribution in [0.1, 0.15) is 21.6 Å². The third-order valence-corrected chi connectivity index (χ3v) is 7.60. The number of amides is 1. The second-order valence-electron chi connectivity index (χ2n) is 10.5. The average molecular weight is 526 g/mol. The normalized spacial score (nSPS) is 17.5. The summed E-state index contributed by atoms with van der Waals surface area (Å²) in [6.45, 7) is 9.42. The second-order valence-corrected chi connectivity index (χ2v) is 10.5. The molecule has 1 amide bonds. The van der Waals surface area contributed by atoms with E-state index in [9.17, 15) is 4.79 Å². The van der Waals surface area contributed by atoms with Gasteiger partial charge in [0.2, 0.25) is 0 Å². The summed E-state index contributed by atoms with van der Waals surface area (Å²) in [5.41, 5.74) is 6.36. The van der Waals surface area contributed by atoms with Gasteiger partial charge in [0.1, 0.15) is 0 Å². The molecule has 0 saturated carbocycles. The van der Waals surface area contributed by atoms with Crippen molar-refractivity contribution in [2.75, 3.05) is 64.8 Å². The molecule has 0 aliphatic carbocycles. The first kappa shape index (κ1) is 25.6. The van der Waals surface area contributed by atoms with E-state index in [-0.39, 0.29) is 5.91 Å². The number of anilines is 1. The summed E-state index contributed by atoms with van der Waals surface area (Å²) in [6, 6.07) is 16.3. The Bertz CT molecular complexity index is 1440. The van der Waals surface area contributed by atoms with Crippen LogP contribution in [0.25, 0.3) is 22.0 Å². The maximum atomic E-state index is 13.3. The Kier molecular flexibility index (Phi) is 7.64. The Labute approximate surface area is 228 Å². The zero-order valence-electron chi connectivity index (χ0n) is 22.4. The molecular formula is C30H35N7O2. The molecule has 4 heterocycles. The predicted octanol–water partition coefficient (Wildman–Crippen LogP) is 3.46. The maximum absolute atomic E-state index is 13.3. The van der Waals surface area contributed by atoms with E-state index in [1.54, 1.807) is 0 Å². The van der Waals surface area contributed by atoms with Gasteiger partial charge in [-0.15, -0.1) is 0 Å². The number of aromatic amines is 1. The molecule has 202 valence electrons. The highest BCUT2D eigenvalue weighted by Gasteiger charge is 2.18. The molecular weight excluding hydrogens is 490 g/mol. The molecule has 9 heteroatoms. The summed E-state index contributed by atoms with van der Waals surface area (Å²) in [5, 5.41) is 11.2. The fourth-order valence-electron chi connectivity index (χ4n) is 5.32. The van der Waals surface area contributed by atoms with Gasteiger partial charge in [-0.3, -0.25) is 24.7 Å². The Morgan fingerprint density at radius 3 is 2.54 bits per heavy atom. The van der Waals surface area contributed by atoms with Crippen molar-refractivity contribution in [1.82, 2.24) is 29.9 Å². The lowest BCUT2D eigenvalue weighted by atomic mass is 10.0. The van der Waals surface area contributed by atoms with E-state index in [0.717, 1.165) is 98.9 Å². The minimum Gasteiger partial charge on any atom is -0.379 e. The van der Waals surface area contributed by atoms with Crippen molar-refractivity contribution in [3.05, 3.63) is 77.7 Å². The van der Waals surface area contributed by atoms with Crippen molar-refractivity contribution in [1.29, 1.82) is 0 Å². The van der Waals surface area contributed by atoms with Crippen molar-refractivity contribution >= 4 is 22.5 Å². The molecule has 0 atom stereocenters. The molecule has 2 aliphatic heterocycles. The van der Waals surface area contributed by atoms with Crippen molar-refractivity contribution < 1.29 is 9.53 Å². The third-order valence-electron chi connectivity index (χ3n) is 7.60. The first-order chi connectivity index (χ1) is 19.1. The van der Waals surface area contributed by atoms with Crippen molar-refractivity contribution in [3.8, 4) is 11.1 Å². The molecule has 2 aromatic heterocycles. The van der Waals surface area contributed by atoms with Crippen molar-refractivity contribution in [3.63, 3.8) is 0 Å². The molecule has 0 unspecified atom stereocenters. The monoisotopic (exact) mass is 525 g/mol. The number of benzene rings is 2. The molecule has 0 spiro atoms. The Balaban J connectivity index is 1.17. The van der Waals surface area contributed by atoms with Gasteiger partial charge < -0.3 is 15.0 Å². The summed E-state index contributed by atoms with van der Waals surface area (Å²) in [5.74, 6) is -0.227. The minimum absolute atomic E-state index is 0.227. The number of carbonyl (C=O) groups excluding carboxylic acids is 1. The Morgan fingerprint density at radius 1 is 0.897 bits per heavy atom. The highest BCUT2D eigenvalue weighted by Crippen LogP contribution is 2.27. The van der Waals surface area contributed by atoms with Crippen LogP contribution in [0.15, 0.2) is 60.9 Å². The molecule has 2 aliphatic rings. The quantitative estimate of drug-likeness (QED) is 0.382. The number of rotatable bonds is 7. The number of carbonyl (C=O) groups is 1. The lowest BCUT2D eigenvalue weighted by Gasteiger charge is -2.32. The lowest BCUT2D eigenvalue weighted by molar-refractivity contribution is 0.0341.